The van der Waals surface area contributed by atoms with E-state index in [1.54, 1.807) is 22.5 Å². The van der Waals surface area contributed by atoms with Crippen LogP contribution in [0.1, 0.15) is 18.4 Å². The first-order valence-corrected chi connectivity index (χ1v) is 8.73. The first kappa shape index (κ1) is 17.0. The molecule has 2 fully saturated rings. The molecule has 1 aliphatic carbocycles. The quantitative estimate of drug-likeness (QED) is 0.890. The molecule has 3 rings (SSSR count). The molecular formula is C14H20Cl2N2O2S. The summed E-state index contributed by atoms with van der Waals surface area (Å²) in [6.45, 7) is 2.99. The third kappa shape index (κ3) is 2.94. The lowest BCUT2D eigenvalue weighted by Gasteiger charge is -2.19. The topological polar surface area (TPSA) is 63.4 Å². The normalized spacial score (nSPS) is 29.2. The molecule has 0 radical (unpaired) electrons. The van der Waals surface area contributed by atoms with Gasteiger partial charge in [-0.25, -0.2) is 8.42 Å². The van der Waals surface area contributed by atoms with Crippen molar-refractivity contribution in [2.24, 2.45) is 17.6 Å². The number of halogens is 2. The number of hydrogen-bond acceptors (Lipinski definition) is 3. The standard InChI is InChI=1S/C14H19ClN2O2S.ClH/c1-9-2-4-11(6-13(9)15)20(18,19)17-7-10-3-5-14(16)12(10)8-17;/h2,4,6,10,12,14H,3,5,7-8,16H2,1H3;1H. The molecule has 0 bridgehead atoms. The lowest BCUT2D eigenvalue weighted by Crippen LogP contribution is -2.33. The van der Waals surface area contributed by atoms with Crippen LogP contribution in [0.25, 0.3) is 0 Å². The van der Waals surface area contributed by atoms with Crippen molar-refractivity contribution in [3.8, 4) is 0 Å². The van der Waals surface area contributed by atoms with Crippen LogP contribution < -0.4 is 5.73 Å². The van der Waals surface area contributed by atoms with Gasteiger partial charge in [0.05, 0.1) is 4.90 Å². The number of sulfonamides is 1. The monoisotopic (exact) mass is 350 g/mol. The summed E-state index contributed by atoms with van der Waals surface area (Å²) in [4.78, 5) is 0.279. The second-order valence-corrected chi connectivity index (χ2v) is 8.24. The van der Waals surface area contributed by atoms with E-state index < -0.39 is 10.0 Å². The summed E-state index contributed by atoms with van der Waals surface area (Å²) in [5.41, 5.74) is 6.95. The lowest BCUT2D eigenvalue weighted by molar-refractivity contribution is 0.427. The van der Waals surface area contributed by atoms with Crippen LogP contribution in [-0.4, -0.2) is 31.9 Å². The van der Waals surface area contributed by atoms with Gasteiger partial charge in [0.25, 0.3) is 0 Å². The van der Waals surface area contributed by atoms with Gasteiger partial charge in [-0.05, 0) is 49.3 Å². The molecule has 1 aromatic carbocycles. The van der Waals surface area contributed by atoms with Crippen molar-refractivity contribution >= 4 is 34.0 Å². The molecule has 0 aromatic heterocycles. The second kappa shape index (κ2) is 6.05. The van der Waals surface area contributed by atoms with Gasteiger partial charge in [-0.3, -0.25) is 0 Å². The molecule has 1 saturated heterocycles. The Morgan fingerprint density at radius 3 is 2.62 bits per heavy atom. The van der Waals surface area contributed by atoms with Gasteiger partial charge >= 0.3 is 0 Å². The Balaban J connectivity index is 0.00000161. The van der Waals surface area contributed by atoms with Crippen LogP contribution in [0.4, 0.5) is 0 Å². The molecule has 0 amide bonds. The van der Waals surface area contributed by atoms with Crippen molar-refractivity contribution < 1.29 is 8.42 Å². The Bertz CT molecular complexity index is 636. The number of benzene rings is 1. The minimum absolute atomic E-state index is 0. The van der Waals surface area contributed by atoms with Crippen LogP contribution >= 0.6 is 24.0 Å². The van der Waals surface area contributed by atoms with Crippen LogP contribution in [0.2, 0.25) is 5.02 Å². The Labute approximate surface area is 137 Å². The number of aryl methyl sites for hydroxylation is 1. The molecule has 7 heteroatoms. The summed E-state index contributed by atoms with van der Waals surface area (Å²) in [6, 6.07) is 5.06. The molecule has 1 heterocycles. The van der Waals surface area contributed by atoms with Gasteiger partial charge in [0, 0.05) is 24.2 Å². The Morgan fingerprint density at radius 1 is 1.29 bits per heavy atom. The summed E-state index contributed by atoms with van der Waals surface area (Å²) >= 11 is 6.04. The van der Waals surface area contributed by atoms with E-state index in [-0.39, 0.29) is 23.3 Å². The number of rotatable bonds is 2. The van der Waals surface area contributed by atoms with Gasteiger partial charge in [-0.15, -0.1) is 12.4 Å². The molecule has 1 aromatic rings. The molecule has 0 spiro atoms. The van der Waals surface area contributed by atoms with Gasteiger partial charge in [-0.1, -0.05) is 17.7 Å². The highest BCUT2D eigenvalue weighted by Crippen LogP contribution is 2.39. The highest BCUT2D eigenvalue weighted by Gasteiger charge is 2.45. The molecule has 1 saturated carbocycles. The van der Waals surface area contributed by atoms with E-state index in [0.717, 1.165) is 18.4 Å². The Morgan fingerprint density at radius 2 is 2.00 bits per heavy atom. The minimum Gasteiger partial charge on any atom is -0.327 e. The first-order valence-electron chi connectivity index (χ1n) is 6.91. The van der Waals surface area contributed by atoms with Crippen LogP contribution in [0.5, 0.6) is 0 Å². The first-order chi connectivity index (χ1) is 9.39. The van der Waals surface area contributed by atoms with Crippen LogP contribution in [0.3, 0.4) is 0 Å². The van der Waals surface area contributed by atoms with Gasteiger partial charge in [0.1, 0.15) is 0 Å². The number of hydrogen-bond donors (Lipinski definition) is 1. The van der Waals surface area contributed by atoms with Crippen molar-refractivity contribution in [3.05, 3.63) is 28.8 Å². The fraction of sp³-hybridized carbons (Fsp3) is 0.571. The number of nitrogens with zero attached hydrogens (tertiary/aromatic N) is 1. The number of nitrogens with two attached hydrogens (primary N) is 1. The summed E-state index contributed by atoms with van der Waals surface area (Å²) in [5, 5.41) is 0.488. The molecule has 2 N–H and O–H groups in total. The molecule has 1 aliphatic heterocycles. The van der Waals surface area contributed by atoms with E-state index in [0.29, 0.717) is 29.9 Å². The third-order valence-electron chi connectivity index (χ3n) is 4.66. The van der Waals surface area contributed by atoms with E-state index in [2.05, 4.69) is 0 Å². The van der Waals surface area contributed by atoms with Crippen LogP contribution in [-0.2, 0) is 10.0 Å². The molecule has 3 atom stereocenters. The smallest absolute Gasteiger partial charge is 0.243 e. The fourth-order valence-corrected chi connectivity index (χ4v) is 5.15. The van der Waals surface area contributed by atoms with Crippen molar-refractivity contribution in [3.63, 3.8) is 0 Å². The van der Waals surface area contributed by atoms with Crippen molar-refractivity contribution in [1.82, 2.24) is 4.31 Å². The Kier molecular flexibility index (Phi) is 4.90. The predicted molar refractivity (Wildman–Crippen MR) is 86.4 cm³/mol. The minimum atomic E-state index is -3.45. The van der Waals surface area contributed by atoms with E-state index in [9.17, 15) is 8.42 Å². The maximum Gasteiger partial charge on any atom is 0.243 e. The fourth-order valence-electron chi connectivity index (χ4n) is 3.35. The summed E-state index contributed by atoms with van der Waals surface area (Å²) < 4.78 is 26.9. The van der Waals surface area contributed by atoms with E-state index in [1.165, 1.54) is 0 Å². The zero-order valence-corrected chi connectivity index (χ0v) is 14.2. The molecule has 118 valence electrons. The number of fused-ring (bicyclic) bond motifs is 1. The SMILES string of the molecule is Cc1ccc(S(=O)(=O)N2CC3CCC(N)C3C2)cc1Cl.Cl. The van der Waals surface area contributed by atoms with Crippen LogP contribution in [0, 0.1) is 18.8 Å². The average molecular weight is 351 g/mol. The van der Waals surface area contributed by atoms with Crippen LogP contribution in [0.15, 0.2) is 23.1 Å². The summed E-state index contributed by atoms with van der Waals surface area (Å²) in [6.07, 6.45) is 2.05. The van der Waals surface area contributed by atoms with E-state index in [1.807, 2.05) is 6.92 Å². The lowest BCUT2D eigenvalue weighted by atomic mass is 9.98. The maximum absolute atomic E-state index is 12.7. The highest BCUT2D eigenvalue weighted by molar-refractivity contribution is 7.89. The van der Waals surface area contributed by atoms with Gasteiger partial charge in [0.15, 0.2) is 0 Å². The highest BCUT2D eigenvalue weighted by atomic mass is 35.5. The van der Waals surface area contributed by atoms with Crippen molar-refractivity contribution in [2.75, 3.05) is 13.1 Å². The zero-order chi connectivity index (χ0) is 14.5. The molecule has 21 heavy (non-hydrogen) atoms. The molecule has 3 unspecified atom stereocenters. The summed E-state index contributed by atoms with van der Waals surface area (Å²) in [7, 11) is -3.45. The average Bonchev–Trinajstić information content (AvgIpc) is 2.96. The van der Waals surface area contributed by atoms with Crippen molar-refractivity contribution in [2.45, 2.75) is 30.7 Å². The maximum atomic E-state index is 12.7. The van der Waals surface area contributed by atoms with E-state index in [4.69, 9.17) is 17.3 Å². The third-order valence-corrected chi connectivity index (χ3v) is 6.89. The second-order valence-electron chi connectivity index (χ2n) is 5.90. The molecular weight excluding hydrogens is 331 g/mol. The Hall–Kier alpha value is -0.330. The summed E-state index contributed by atoms with van der Waals surface area (Å²) in [5.74, 6) is 0.728. The van der Waals surface area contributed by atoms with Gasteiger partial charge in [0.2, 0.25) is 10.0 Å². The van der Waals surface area contributed by atoms with Gasteiger partial charge in [-0.2, -0.15) is 4.31 Å². The van der Waals surface area contributed by atoms with Crippen molar-refractivity contribution in [1.29, 1.82) is 0 Å². The molecule has 2 aliphatic rings. The van der Waals surface area contributed by atoms with Gasteiger partial charge < -0.3 is 5.73 Å². The zero-order valence-electron chi connectivity index (χ0n) is 11.8. The molecule has 4 nitrogen and oxygen atoms in total. The largest absolute Gasteiger partial charge is 0.327 e. The van der Waals surface area contributed by atoms with E-state index >= 15 is 0 Å². The predicted octanol–water partition coefficient (Wildman–Crippen LogP) is 2.43.